The molecule has 0 aliphatic heterocycles. The maximum atomic E-state index is 12.5. The molecule has 0 heterocycles. The number of hydrogen-bond acceptors (Lipinski definition) is 3. The second kappa shape index (κ2) is 5.00. The fraction of sp³-hybridized carbons (Fsp3) is 0.375. The molecule has 3 heteroatoms. The lowest BCUT2D eigenvalue weighted by atomic mass is 9.72. The molecule has 2 rings (SSSR count). The van der Waals surface area contributed by atoms with Crippen LogP contribution in [0.2, 0.25) is 0 Å². The first-order valence-electron chi connectivity index (χ1n) is 6.51. The van der Waals surface area contributed by atoms with Crippen molar-refractivity contribution in [3.63, 3.8) is 0 Å². The van der Waals surface area contributed by atoms with Crippen LogP contribution in [0.4, 0.5) is 0 Å². The van der Waals surface area contributed by atoms with Crippen molar-refractivity contribution in [2.75, 3.05) is 6.61 Å². The second-order valence-corrected chi connectivity index (χ2v) is 4.82. The summed E-state index contributed by atoms with van der Waals surface area (Å²) in [5.41, 5.74) is 0.488. The van der Waals surface area contributed by atoms with Gasteiger partial charge >= 0.3 is 5.97 Å². The summed E-state index contributed by atoms with van der Waals surface area (Å²) in [7, 11) is 0. The van der Waals surface area contributed by atoms with E-state index in [0.717, 1.165) is 5.56 Å². The van der Waals surface area contributed by atoms with Crippen molar-refractivity contribution < 1.29 is 14.3 Å². The van der Waals surface area contributed by atoms with E-state index < -0.39 is 11.3 Å². The molecule has 2 unspecified atom stereocenters. The van der Waals surface area contributed by atoms with E-state index >= 15 is 0 Å². The van der Waals surface area contributed by atoms with Gasteiger partial charge in [0.25, 0.3) is 0 Å². The van der Waals surface area contributed by atoms with Crippen molar-refractivity contribution in [3.8, 4) is 0 Å². The van der Waals surface area contributed by atoms with Gasteiger partial charge in [-0.15, -0.1) is 6.58 Å². The van der Waals surface area contributed by atoms with Crippen LogP contribution in [0, 0.1) is 5.92 Å². The van der Waals surface area contributed by atoms with Crippen molar-refractivity contribution in [1.82, 2.24) is 0 Å². The Morgan fingerprint density at radius 1 is 1.47 bits per heavy atom. The summed E-state index contributed by atoms with van der Waals surface area (Å²) in [6.45, 7) is 7.60. The monoisotopic (exact) mass is 258 g/mol. The smallest absolute Gasteiger partial charge is 0.317 e. The van der Waals surface area contributed by atoms with Gasteiger partial charge in [0, 0.05) is 11.5 Å². The van der Waals surface area contributed by atoms with Crippen LogP contribution in [0.1, 0.15) is 36.2 Å². The van der Waals surface area contributed by atoms with Crippen LogP contribution in [-0.2, 0) is 14.9 Å². The van der Waals surface area contributed by atoms with E-state index in [9.17, 15) is 9.59 Å². The van der Waals surface area contributed by atoms with Gasteiger partial charge in [0.2, 0.25) is 0 Å². The van der Waals surface area contributed by atoms with E-state index in [-0.39, 0.29) is 11.8 Å². The number of ether oxygens (including phenoxy) is 1. The fourth-order valence-electron chi connectivity index (χ4n) is 2.92. The van der Waals surface area contributed by atoms with Crippen molar-refractivity contribution in [1.29, 1.82) is 0 Å². The van der Waals surface area contributed by atoms with Crippen LogP contribution in [-0.4, -0.2) is 18.4 Å². The predicted molar refractivity (Wildman–Crippen MR) is 73.1 cm³/mol. The van der Waals surface area contributed by atoms with Crippen LogP contribution in [0.25, 0.3) is 0 Å². The van der Waals surface area contributed by atoms with Crippen molar-refractivity contribution >= 4 is 11.8 Å². The lowest BCUT2D eigenvalue weighted by Gasteiger charge is -2.30. The molecule has 19 heavy (non-hydrogen) atoms. The number of fused-ring (bicyclic) bond motifs is 1. The quantitative estimate of drug-likeness (QED) is 0.616. The summed E-state index contributed by atoms with van der Waals surface area (Å²) in [4.78, 5) is 24.8. The number of carbonyl (C=O) groups is 2. The minimum atomic E-state index is -0.911. The molecule has 3 nitrogen and oxygen atoms in total. The third-order valence-corrected chi connectivity index (χ3v) is 3.91. The van der Waals surface area contributed by atoms with Crippen molar-refractivity contribution in [3.05, 3.63) is 48.0 Å². The third-order valence-electron chi connectivity index (χ3n) is 3.91. The van der Waals surface area contributed by atoms with Gasteiger partial charge in [0.15, 0.2) is 5.78 Å². The summed E-state index contributed by atoms with van der Waals surface area (Å²) < 4.78 is 5.22. The Balaban J connectivity index is 2.63. The molecule has 0 fully saturated rings. The van der Waals surface area contributed by atoms with Crippen molar-refractivity contribution in [2.24, 2.45) is 5.92 Å². The number of allylic oxidation sites excluding steroid dienone is 1. The van der Waals surface area contributed by atoms with Crippen LogP contribution in [0.3, 0.4) is 0 Å². The number of hydrogen-bond donors (Lipinski definition) is 0. The first-order valence-corrected chi connectivity index (χ1v) is 6.51. The maximum Gasteiger partial charge on any atom is 0.317 e. The molecular formula is C16H18O3. The van der Waals surface area contributed by atoms with E-state index in [0.29, 0.717) is 18.6 Å². The van der Waals surface area contributed by atoms with E-state index in [1.807, 2.05) is 18.2 Å². The highest BCUT2D eigenvalue weighted by Gasteiger charge is 2.54. The molecule has 100 valence electrons. The predicted octanol–water partition coefficient (Wildman–Crippen LogP) is 2.90. The average Bonchev–Trinajstić information content (AvgIpc) is 2.63. The number of Topliss-reactive ketones (excluding diaryl/α,β-unsaturated/α-hetero) is 1. The van der Waals surface area contributed by atoms with Gasteiger partial charge in [0.05, 0.1) is 6.61 Å². The van der Waals surface area contributed by atoms with Crippen LogP contribution < -0.4 is 0 Å². The summed E-state index contributed by atoms with van der Waals surface area (Å²) in [5, 5.41) is 0. The van der Waals surface area contributed by atoms with E-state index in [1.165, 1.54) is 0 Å². The summed E-state index contributed by atoms with van der Waals surface area (Å²) in [5.74, 6) is -0.742. The Hall–Kier alpha value is -1.90. The largest absolute Gasteiger partial charge is 0.465 e. The normalized spacial score (nSPS) is 24.9. The molecular weight excluding hydrogens is 240 g/mol. The van der Waals surface area contributed by atoms with Gasteiger partial charge in [-0.1, -0.05) is 37.3 Å². The summed E-state index contributed by atoms with van der Waals surface area (Å²) in [6, 6.07) is 7.29. The molecule has 0 amide bonds. The number of benzene rings is 1. The highest BCUT2D eigenvalue weighted by Crippen LogP contribution is 2.46. The molecule has 1 aliphatic rings. The zero-order valence-corrected chi connectivity index (χ0v) is 11.3. The Bertz CT molecular complexity index is 533. The number of ketones is 1. The minimum absolute atomic E-state index is 0.00510. The SMILES string of the molecule is C=CCC1(C(=O)OCC)c2ccccc2C(=O)C1C. The third kappa shape index (κ3) is 1.81. The Labute approximate surface area is 113 Å². The van der Waals surface area contributed by atoms with Crippen LogP contribution in [0.15, 0.2) is 36.9 Å². The van der Waals surface area contributed by atoms with Crippen LogP contribution in [0.5, 0.6) is 0 Å². The summed E-state index contributed by atoms with van der Waals surface area (Å²) >= 11 is 0. The lowest BCUT2D eigenvalue weighted by Crippen LogP contribution is -2.41. The molecule has 1 aromatic carbocycles. The molecule has 1 aromatic rings. The number of rotatable bonds is 4. The second-order valence-electron chi connectivity index (χ2n) is 4.82. The average molecular weight is 258 g/mol. The summed E-state index contributed by atoms with van der Waals surface area (Å²) in [6.07, 6.45) is 2.10. The molecule has 0 radical (unpaired) electrons. The molecule has 2 atom stereocenters. The Morgan fingerprint density at radius 2 is 2.16 bits per heavy atom. The van der Waals surface area contributed by atoms with Crippen LogP contribution >= 0.6 is 0 Å². The fourth-order valence-corrected chi connectivity index (χ4v) is 2.92. The highest BCUT2D eigenvalue weighted by atomic mass is 16.5. The van der Waals surface area contributed by atoms with Gasteiger partial charge in [-0.3, -0.25) is 9.59 Å². The van der Waals surface area contributed by atoms with Gasteiger partial charge < -0.3 is 4.74 Å². The standard InChI is InChI=1S/C16H18O3/c1-4-10-16(15(18)19-5-2)11(3)14(17)12-8-6-7-9-13(12)16/h4,6-9,11H,1,5,10H2,2-3H3. The van der Waals surface area contributed by atoms with Gasteiger partial charge in [0.1, 0.15) is 5.41 Å². The lowest BCUT2D eigenvalue weighted by molar-refractivity contribution is -0.151. The van der Waals surface area contributed by atoms with E-state index in [1.54, 1.807) is 26.0 Å². The Kier molecular flexibility index (Phi) is 3.56. The minimum Gasteiger partial charge on any atom is -0.465 e. The molecule has 1 aliphatic carbocycles. The molecule has 0 saturated carbocycles. The van der Waals surface area contributed by atoms with E-state index in [4.69, 9.17) is 4.74 Å². The maximum absolute atomic E-state index is 12.5. The number of carbonyl (C=O) groups excluding carboxylic acids is 2. The first kappa shape index (κ1) is 13.5. The zero-order valence-electron chi connectivity index (χ0n) is 11.3. The Morgan fingerprint density at radius 3 is 2.79 bits per heavy atom. The molecule has 0 saturated heterocycles. The van der Waals surface area contributed by atoms with E-state index in [2.05, 4.69) is 6.58 Å². The topological polar surface area (TPSA) is 43.4 Å². The van der Waals surface area contributed by atoms with Crippen molar-refractivity contribution in [2.45, 2.75) is 25.7 Å². The highest BCUT2D eigenvalue weighted by molar-refractivity contribution is 6.09. The molecule has 0 spiro atoms. The first-order chi connectivity index (χ1) is 9.09. The zero-order chi connectivity index (χ0) is 14.0. The molecule has 0 N–H and O–H groups in total. The van der Waals surface area contributed by atoms with Gasteiger partial charge in [-0.05, 0) is 18.9 Å². The van der Waals surface area contributed by atoms with Gasteiger partial charge in [-0.25, -0.2) is 0 Å². The van der Waals surface area contributed by atoms with Gasteiger partial charge in [-0.2, -0.15) is 0 Å². The molecule has 0 aromatic heterocycles. The molecule has 0 bridgehead atoms. The number of esters is 1.